The Balaban J connectivity index is 2.01. The molecule has 3 unspecified atom stereocenters. The van der Waals surface area contributed by atoms with Gasteiger partial charge in [0.2, 0.25) is 0 Å². The topological polar surface area (TPSA) is 52.3 Å². The van der Waals surface area contributed by atoms with Crippen molar-refractivity contribution in [1.29, 1.82) is 0 Å². The lowest BCUT2D eigenvalue weighted by molar-refractivity contribution is -0.166. The normalized spacial score (nSPS) is 37.3. The second-order valence-corrected chi connectivity index (χ2v) is 6.39. The number of carbonyl (C=O) groups excluding carboxylic acids is 1. The van der Waals surface area contributed by atoms with E-state index in [1.807, 2.05) is 0 Å². The number of hydrogen-bond donors (Lipinski definition) is 1. The summed E-state index contributed by atoms with van der Waals surface area (Å²) in [6, 6.07) is 0.220. The SMILES string of the molecule is CC1C(N)CCC(C(=O)OC2CCC2)C1(C)C. The predicted octanol–water partition coefficient (Wildman–Crippen LogP) is 2.48. The van der Waals surface area contributed by atoms with Crippen molar-refractivity contribution in [3.8, 4) is 0 Å². The van der Waals surface area contributed by atoms with E-state index in [9.17, 15) is 4.79 Å². The molecule has 0 aliphatic heterocycles. The Morgan fingerprint density at radius 2 is 1.88 bits per heavy atom. The average Bonchev–Trinajstić information content (AvgIpc) is 2.20. The van der Waals surface area contributed by atoms with Crippen molar-refractivity contribution in [1.82, 2.24) is 0 Å². The smallest absolute Gasteiger partial charge is 0.309 e. The van der Waals surface area contributed by atoms with Gasteiger partial charge in [0.05, 0.1) is 5.92 Å². The highest BCUT2D eigenvalue weighted by molar-refractivity contribution is 5.74. The largest absolute Gasteiger partial charge is 0.462 e. The van der Waals surface area contributed by atoms with E-state index < -0.39 is 0 Å². The molecule has 2 rings (SSSR count). The lowest BCUT2D eigenvalue weighted by Crippen LogP contribution is -2.50. The van der Waals surface area contributed by atoms with Gasteiger partial charge >= 0.3 is 5.97 Å². The number of carbonyl (C=O) groups is 1. The molecule has 2 aliphatic carbocycles. The Kier molecular flexibility index (Phi) is 3.48. The van der Waals surface area contributed by atoms with Crippen molar-refractivity contribution in [2.75, 3.05) is 0 Å². The zero-order valence-electron chi connectivity index (χ0n) is 11.2. The average molecular weight is 239 g/mol. The first-order chi connectivity index (χ1) is 7.93. The standard InChI is InChI=1S/C14H25NO2/c1-9-12(15)8-7-11(14(9,2)3)13(16)17-10-5-4-6-10/h9-12H,4-8,15H2,1-3H3. The van der Waals surface area contributed by atoms with Crippen LogP contribution in [-0.4, -0.2) is 18.1 Å². The third kappa shape index (κ3) is 2.35. The summed E-state index contributed by atoms with van der Waals surface area (Å²) in [4.78, 5) is 12.2. The highest BCUT2D eigenvalue weighted by atomic mass is 16.5. The molecule has 0 radical (unpaired) electrons. The van der Waals surface area contributed by atoms with Crippen molar-refractivity contribution in [3.63, 3.8) is 0 Å². The van der Waals surface area contributed by atoms with E-state index >= 15 is 0 Å². The van der Waals surface area contributed by atoms with Gasteiger partial charge in [0.15, 0.2) is 0 Å². The molecule has 0 aromatic rings. The van der Waals surface area contributed by atoms with E-state index in [0.29, 0.717) is 5.92 Å². The minimum atomic E-state index is -0.0432. The molecule has 0 bridgehead atoms. The highest BCUT2D eigenvalue weighted by Crippen LogP contribution is 2.45. The number of ether oxygens (including phenoxy) is 1. The third-order valence-corrected chi connectivity index (χ3v) is 5.12. The van der Waals surface area contributed by atoms with E-state index in [0.717, 1.165) is 25.7 Å². The first-order valence-electron chi connectivity index (χ1n) is 6.89. The van der Waals surface area contributed by atoms with Gasteiger partial charge in [-0.15, -0.1) is 0 Å². The number of esters is 1. The number of nitrogens with two attached hydrogens (primary N) is 1. The van der Waals surface area contributed by atoms with E-state index in [1.165, 1.54) is 6.42 Å². The maximum atomic E-state index is 12.2. The van der Waals surface area contributed by atoms with Gasteiger partial charge in [-0.2, -0.15) is 0 Å². The molecule has 2 N–H and O–H groups in total. The van der Waals surface area contributed by atoms with Crippen LogP contribution in [0.3, 0.4) is 0 Å². The second-order valence-electron chi connectivity index (χ2n) is 6.39. The molecule has 0 aromatic carbocycles. The lowest BCUT2D eigenvalue weighted by atomic mass is 9.61. The van der Waals surface area contributed by atoms with Crippen LogP contribution < -0.4 is 5.73 Å². The zero-order valence-corrected chi connectivity index (χ0v) is 11.2. The maximum Gasteiger partial charge on any atom is 0.309 e. The minimum absolute atomic E-state index is 0.0125. The Hall–Kier alpha value is -0.570. The fourth-order valence-electron chi connectivity index (χ4n) is 3.01. The maximum absolute atomic E-state index is 12.2. The summed E-state index contributed by atoms with van der Waals surface area (Å²) < 4.78 is 5.57. The van der Waals surface area contributed by atoms with Gasteiger partial charge in [-0.3, -0.25) is 4.79 Å². The molecule has 2 fully saturated rings. The summed E-state index contributed by atoms with van der Waals surface area (Å²) in [5.74, 6) is 0.409. The van der Waals surface area contributed by atoms with Gasteiger partial charge in [0, 0.05) is 6.04 Å². The number of rotatable bonds is 2. The lowest BCUT2D eigenvalue weighted by Gasteiger charge is -2.46. The summed E-state index contributed by atoms with van der Waals surface area (Å²) in [5, 5.41) is 0. The molecule has 3 heteroatoms. The van der Waals surface area contributed by atoms with Gasteiger partial charge < -0.3 is 10.5 Å². The molecule has 2 saturated carbocycles. The van der Waals surface area contributed by atoms with Crippen molar-refractivity contribution >= 4 is 5.97 Å². The van der Waals surface area contributed by atoms with Crippen LogP contribution in [0.2, 0.25) is 0 Å². The molecular formula is C14H25NO2. The van der Waals surface area contributed by atoms with Gasteiger partial charge in [-0.05, 0) is 43.4 Å². The fourth-order valence-corrected chi connectivity index (χ4v) is 3.01. The molecule has 2 aliphatic rings. The van der Waals surface area contributed by atoms with Gasteiger partial charge in [0.1, 0.15) is 6.10 Å². The molecule has 3 atom stereocenters. The van der Waals surface area contributed by atoms with Crippen LogP contribution in [0, 0.1) is 17.3 Å². The van der Waals surface area contributed by atoms with Gasteiger partial charge in [-0.1, -0.05) is 20.8 Å². The molecule has 0 heterocycles. The first kappa shape index (κ1) is 12.9. The van der Waals surface area contributed by atoms with E-state index in [2.05, 4.69) is 20.8 Å². The van der Waals surface area contributed by atoms with E-state index in [-0.39, 0.29) is 29.4 Å². The molecular weight excluding hydrogens is 214 g/mol. The molecule has 0 spiro atoms. The summed E-state index contributed by atoms with van der Waals surface area (Å²) in [6.07, 6.45) is 5.32. The van der Waals surface area contributed by atoms with Crippen LogP contribution in [0.4, 0.5) is 0 Å². The third-order valence-electron chi connectivity index (χ3n) is 5.12. The molecule has 3 nitrogen and oxygen atoms in total. The molecule has 17 heavy (non-hydrogen) atoms. The first-order valence-corrected chi connectivity index (χ1v) is 6.89. The van der Waals surface area contributed by atoms with Crippen molar-refractivity contribution in [2.45, 2.75) is 65.0 Å². The van der Waals surface area contributed by atoms with Crippen LogP contribution in [0.1, 0.15) is 52.9 Å². The highest BCUT2D eigenvalue weighted by Gasteiger charge is 2.46. The zero-order chi connectivity index (χ0) is 12.6. The van der Waals surface area contributed by atoms with Crippen LogP contribution >= 0.6 is 0 Å². The van der Waals surface area contributed by atoms with E-state index in [4.69, 9.17) is 10.5 Å². The monoisotopic (exact) mass is 239 g/mol. The molecule has 98 valence electrons. The fraction of sp³-hybridized carbons (Fsp3) is 0.929. The summed E-state index contributed by atoms with van der Waals surface area (Å²) in [7, 11) is 0. The Morgan fingerprint density at radius 3 is 2.41 bits per heavy atom. The van der Waals surface area contributed by atoms with Crippen molar-refractivity contribution < 1.29 is 9.53 Å². The van der Waals surface area contributed by atoms with Gasteiger partial charge in [0.25, 0.3) is 0 Å². The predicted molar refractivity (Wildman–Crippen MR) is 67.4 cm³/mol. The minimum Gasteiger partial charge on any atom is -0.462 e. The Labute approximate surface area is 104 Å². The Morgan fingerprint density at radius 1 is 1.24 bits per heavy atom. The van der Waals surface area contributed by atoms with Crippen LogP contribution in [0.5, 0.6) is 0 Å². The van der Waals surface area contributed by atoms with Crippen LogP contribution in [0.15, 0.2) is 0 Å². The van der Waals surface area contributed by atoms with Crippen LogP contribution in [-0.2, 0) is 9.53 Å². The van der Waals surface area contributed by atoms with Crippen molar-refractivity contribution in [2.24, 2.45) is 23.0 Å². The molecule has 0 amide bonds. The number of hydrogen-bond acceptors (Lipinski definition) is 3. The summed E-state index contributed by atoms with van der Waals surface area (Å²) in [6.45, 7) is 6.47. The Bertz CT molecular complexity index is 297. The van der Waals surface area contributed by atoms with Gasteiger partial charge in [-0.25, -0.2) is 0 Å². The quantitative estimate of drug-likeness (QED) is 0.753. The second kappa shape index (κ2) is 4.60. The summed E-state index contributed by atoms with van der Waals surface area (Å²) >= 11 is 0. The van der Waals surface area contributed by atoms with Crippen molar-refractivity contribution in [3.05, 3.63) is 0 Å². The molecule has 0 saturated heterocycles. The van der Waals surface area contributed by atoms with E-state index in [1.54, 1.807) is 0 Å². The molecule has 0 aromatic heterocycles. The summed E-state index contributed by atoms with van der Waals surface area (Å²) in [5.41, 5.74) is 6.06. The van der Waals surface area contributed by atoms with Crippen LogP contribution in [0.25, 0.3) is 0 Å².